The summed E-state index contributed by atoms with van der Waals surface area (Å²) in [7, 11) is 1.33. The number of benzene rings is 2. The first-order valence-electron chi connectivity index (χ1n) is 11.4. The number of thioether (sulfide) groups is 1. The molecule has 2 aromatic carbocycles. The molecule has 0 aliphatic carbocycles. The highest BCUT2D eigenvalue weighted by molar-refractivity contribution is 7.98. The van der Waals surface area contributed by atoms with Gasteiger partial charge in [-0.1, -0.05) is 24.3 Å². The van der Waals surface area contributed by atoms with Gasteiger partial charge in [-0.15, -0.1) is 0 Å². The number of fused-ring (bicyclic) bond motifs is 1. The molecule has 2 fully saturated rings. The number of hydrogen-bond acceptors (Lipinski definition) is 7. The van der Waals surface area contributed by atoms with Gasteiger partial charge in [-0.05, 0) is 67.7 Å². The standard InChI is InChI=1S/C26H30N2O5S/c1-5-33-18-12-10-17(11-13-18)28-23(29)20-21(24(28)30)26(14-15-34-4,25(31)32-3)27-22(20)19-9-7-6-8-16(19)2/h6-13,20-22,27H,5,14-15H2,1-4H3/t20-,21-,22-,26+/m0/s1. The second-order valence-electron chi connectivity index (χ2n) is 8.63. The predicted octanol–water partition coefficient (Wildman–Crippen LogP) is 3.51. The van der Waals surface area contributed by atoms with Gasteiger partial charge in [0.25, 0.3) is 0 Å². The van der Waals surface area contributed by atoms with Crippen molar-refractivity contribution < 1.29 is 23.9 Å². The summed E-state index contributed by atoms with van der Waals surface area (Å²) in [5.74, 6) is -1.49. The lowest BCUT2D eigenvalue weighted by atomic mass is 9.77. The van der Waals surface area contributed by atoms with Crippen LogP contribution in [-0.4, -0.2) is 49.0 Å². The fourth-order valence-electron chi connectivity index (χ4n) is 5.28. The third kappa shape index (κ3) is 3.88. The van der Waals surface area contributed by atoms with E-state index in [0.717, 1.165) is 11.1 Å². The van der Waals surface area contributed by atoms with E-state index in [4.69, 9.17) is 9.47 Å². The summed E-state index contributed by atoms with van der Waals surface area (Å²) < 4.78 is 10.7. The first-order valence-corrected chi connectivity index (χ1v) is 12.8. The molecule has 0 unspecified atom stereocenters. The maximum atomic E-state index is 13.9. The summed E-state index contributed by atoms with van der Waals surface area (Å²) in [4.78, 5) is 42.2. The molecule has 4 atom stereocenters. The van der Waals surface area contributed by atoms with E-state index in [1.165, 1.54) is 12.0 Å². The molecule has 4 rings (SSSR count). The minimum Gasteiger partial charge on any atom is -0.494 e. The molecule has 0 radical (unpaired) electrons. The quantitative estimate of drug-likeness (QED) is 0.455. The topological polar surface area (TPSA) is 84.9 Å². The van der Waals surface area contributed by atoms with Gasteiger partial charge < -0.3 is 9.47 Å². The Hall–Kier alpha value is -2.84. The highest BCUT2D eigenvalue weighted by atomic mass is 32.2. The van der Waals surface area contributed by atoms with Crippen molar-refractivity contribution in [2.75, 3.05) is 30.6 Å². The second kappa shape index (κ2) is 9.80. The van der Waals surface area contributed by atoms with Crippen LogP contribution in [0.25, 0.3) is 0 Å². The van der Waals surface area contributed by atoms with Gasteiger partial charge in [0.2, 0.25) is 11.8 Å². The largest absolute Gasteiger partial charge is 0.494 e. The summed E-state index contributed by atoms with van der Waals surface area (Å²) in [6.07, 6.45) is 2.32. The zero-order valence-corrected chi connectivity index (χ0v) is 20.7. The van der Waals surface area contributed by atoms with E-state index in [1.807, 2.05) is 44.4 Å². The van der Waals surface area contributed by atoms with E-state index in [0.29, 0.717) is 30.2 Å². The highest BCUT2D eigenvalue weighted by Crippen LogP contribution is 2.52. The summed E-state index contributed by atoms with van der Waals surface area (Å²) >= 11 is 1.58. The minimum atomic E-state index is -1.29. The second-order valence-corrected chi connectivity index (χ2v) is 9.61. The van der Waals surface area contributed by atoms with E-state index >= 15 is 0 Å². The molecule has 2 amide bonds. The molecule has 2 aromatic rings. The van der Waals surface area contributed by atoms with Gasteiger partial charge in [-0.3, -0.25) is 19.7 Å². The van der Waals surface area contributed by atoms with Crippen LogP contribution >= 0.6 is 11.8 Å². The van der Waals surface area contributed by atoms with E-state index in [9.17, 15) is 14.4 Å². The van der Waals surface area contributed by atoms with Crippen LogP contribution in [0.2, 0.25) is 0 Å². The van der Waals surface area contributed by atoms with E-state index in [1.54, 1.807) is 36.0 Å². The third-order valence-corrected chi connectivity index (χ3v) is 7.45. The Kier molecular flexibility index (Phi) is 7.00. The van der Waals surface area contributed by atoms with Crippen molar-refractivity contribution in [3.05, 3.63) is 59.7 Å². The van der Waals surface area contributed by atoms with Gasteiger partial charge in [0.15, 0.2) is 0 Å². The normalized spacial score (nSPS) is 26.0. The first kappa shape index (κ1) is 24.3. The Balaban J connectivity index is 1.83. The fraction of sp³-hybridized carbons (Fsp3) is 0.423. The van der Waals surface area contributed by atoms with Crippen molar-refractivity contribution in [1.82, 2.24) is 5.32 Å². The van der Waals surface area contributed by atoms with Crippen LogP contribution in [0.15, 0.2) is 48.5 Å². The molecule has 2 aliphatic heterocycles. The zero-order chi connectivity index (χ0) is 24.5. The number of rotatable bonds is 8. The monoisotopic (exact) mass is 482 g/mol. The smallest absolute Gasteiger partial charge is 0.326 e. The molecule has 0 aromatic heterocycles. The molecular weight excluding hydrogens is 452 g/mol. The van der Waals surface area contributed by atoms with Crippen molar-refractivity contribution in [2.24, 2.45) is 11.8 Å². The maximum Gasteiger partial charge on any atom is 0.326 e. The number of methoxy groups -OCH3 is 1. The molecule has 2 heterocycles. The number of nitrogens with one attached hydrogen (secondary N) is 1. The molecule has 1 N–H and O–H groups in total. The Bertz CT molecular complexity index is 1090. The van der Waals surface area contributed by atoms with Gasteiger partial charge in [0.1, 0.15) is 11.3 Å². The number of carbonyl (C=O) groups is 3. The van der Waals surface area contributed by atoms with Crippen molar-refractivity contribution in [3.63, 3.8) is 0 Å². The number of anilines is 1. The number of aryl methyl sites for hydroxylation is 1. The summed E-state index contributed by atoms with van der Waals surface area (Å²) in [5, 5.41) is 3.43. The summed E-state index contributed by atoms with van der Waals surface area (Å²) in [6, 6.07) is 14.2. The van der Waals surface area contributed by atoms with Crippen molar-refractivity contribution >= 4 is 35.2 Å². The third-order valence-electron chi connectivity index (χ3n) is 6.83. The van der Waals surface area contributed by atoms with E-state index in [-0.39, 0.29) is 11.8 Å². The lowest BCUT2D eigenvalue weighted by molar-refractivity contribution is -0.152. The number of nitrogens with zero attached hydrogens (tertiary/aromatic N) is 1. The van der Waals surface area contributed by atoms with Crippen molar-refractivity contribution in [1.29, 1.82) is 0 Å². The first-order chi connectivity index (χ1) is 16.4. The molecule has 2 aliphatic rings. The van der Waals surface area contributed by atoms with Crippen molar-refractivity contribution in [3.8, 4) is 5.75 Å². The van der Waals surface area contributed by atoms with E-state index in [2.05, 4.69) is 5.32 Å². The number of ether oxygens (including phenoxy) is 2. The molecule has 34 heavy (non-hydrogen) atoms. The van der Waals surface area contributed by atoms with Crippen LogP contribution in [0.3, 0.4) is 0 Å². The molecule has 0 saturated carbocycles. The zero-order valence-electron chi connectivity index (χ0n) is 19.9. The number of carbonyl (C=O) groups excluding carboxylic acids is 3. The van der Waals surface area contributed by atoms with Crippen LogP contribution in [-0.2, 0) is 19.1 Å². The van der Waals surface area contributed by atoms with Crippen LogP contribution in [0.4, 0.5) is 5.69 Å². The molecule has 0 spiro atoms. The van der Waals surface area contributed by atoms with Gasteiger partial charge in [0, 0.05) is 6.04 Å². The Morgan fingerprint density at radius 1 is 1.12 bits per heavy atom. The van der Waals surface area contributed by atoms with Gasteiger partial charge >= 0.3 is 5.97 Å². The number of hydrogen-bond donors (Lipinski definition) is 1. The lowest BCUT2D eigenvalue weighted by Crippen LogP contribution is -2.56. The Morgan fingerprint density at radius 3 is 2.44 bits per heavy atom. The van der Waals surface area contributed by atoms with Gasteiger partial charge in [-0.2, -0.15) is 11.8 Å². The molecule has 7 nitrogen and oxygen atoms in total. The highest BCUT2D eigenvalue weighted by Gasteiger charge is 2.68. The molecular formula is C26H30N2O5S. The fourth-order valence-corrected chi connectivity index (χ4v) is 5.81. The van der Waals surface area contributed by atoms with Gasteiger partial charge in [-0.25, -0.2) is 4.90 Å². The van der Waals surface area contributed by atoms with E-state index < -0.39 is 29.4 Å². The minimum absolute atomic E-state index is 0.310. The maximum absolute atomic E-state index is 13.9. The average molecular weight is 483 g/mol. The van der Waals surface area contributed by atoms with Crippen LogP contribution in [0.1, 0.15) is 30.5 Å². The van der Waals surface area contributed by atoms with Crippen LogP contribution < -0.4 is 15.0 Å². The summed E-state index contributed by atoms with van der Waals surface area (Å²) in [6.45, 7) is 4.38. The lowest BCUT2D eigenvalue weighted by Gasteiger charge is -2.32. The Morgan fingerprint density at radius 2 is 1.82 bits per heavy atom. The molecule has 0 bridgehead atoms. The molecule has 8 heteroatoms. The van der Waals surface area contributed by atoms with Crippen LogP contribution in [0, 0.1) is 18.8 Å². The SMILES string of the molecule is CCOc1ccc(N2C(=O)[C@H]3[C@@H](C2=O)[C@](CCSC)(C(=O)OC)N[C@H]3c2ccccc2C)cc1. The number of esters is 1. The Labute approximate surface area is 204 Å². The average Bonchev–Trinajstić information content (AvgIpc) is 3.32. The van der Waals surface area contributed by atoms with Crippen LogP contribution in [0.5, 0.6) is 5.75 Å². The molecule has 2 saturated heterocycles. The van der Waals surface area contributed by atoms with Crippen molar-refractivity contribution in [2.45, 2.75) is 31.8 Å². The summed E-state index contributed by atoms with van der Waals surface area (Å²) in [5.41, 5.74) is 1.08. The van der Waals surface area contributed by atoms with Gasteiger partial charge in [0.05, 0.1) is 31.2 Å². The predicted molar refractivity (Wildman–Crippen MR) is 132 cm³/mol. The number of amides is 2. The molecule has 180 valence electrons. The number of imide groups is 1.